The van der Waals surface area contributed by atoms with Crippen LogP contribution in [0.3, 0.4) is 0 Å². The lowest BCUT2D eigenvalue weighted by Crippen LogP contribution is -2.46. The van der Waals surface area contributed by atoms with Crippen LogP contribution < -0.4 is 20.9 Å². The van der Waals surface area contributed by atoms with E-state index in [1.807, 2.05) is 97.9 Å². The molecule has 4 aromatic rings. The number of nitrogens with zero attached hydrogens (tertiary/aromatic N) is 3. The summed E-state index contributed by atoms with van der Waals surface area (Å²) in [6, 6.07) is 23.9. The molecule has 9 heteroatoms. The fraction of sp³-hybridized carbons (Fsp3) is 0.241. The predicted molar refractivity (Wildman–Crippen MR) is 155 cm³/mol. The Balaban J connectivity index is 1.45. The molecular weight excluding hydrogens is 496 g/mol. The Hall–Kier alpha value is -4.24. The second-order valence-corrected chi connectivity index (χ2v) is 10.4. The Morgan fingerprint density at radius 3 is 2.18 bits per heavy atom. The van der Waals surface area contributed by atoms with Crippen LogP contribution in [0.4, 0.5) is 21.3 Å². The van der Waals surface area contributed by atoms with Crippen LogP contribution in [0.5, 0.6) is 0 Å². The largest absolute Gasteiger partial charge is 0.378 e. The van der Waals surface area contributed by atoms with E-state index in [1.165, 1.54) is 16.9 Å². The molecule has 38 heavy (non-hydrogen) atoms. The van der Waals surface area contributed by atoms with Crippen LogP contribution in [-0.2, 0) is 11.2 Å². The van der Waals surface area contributed by atoms with Crippen molar-refractivity contribution in [3.63, 3.8) is 0 Å². The fourth-order valence-electron chi connectivity index (χ4n) is 3.82. The van der Waals surface area contributed by atoms with Crippen LogP contribution >= 0.6 is 11.3 Å². The standard InChI is InChI=1S/C29H32N6O2S/c1-19(2)21-10-14-23(15-11-21)30-28(37)31-25(18-20-8-6-5-7-9-20)26(36)32-29-34-33-27(38-29)22-12-16-24(17-13-22)35(3)4/h5-17,19,25H,18H2,1-4H3,(H2,30,31,37)(H,32,34,36). The maximum Gasteiger partial charge on any atom is 0.319 e. The third-order valence-electron chi connectivity index (χ3n) is 6.03. The molecule has 0 saturated carbocycles. The van der Waals surface area contributed by atoms with Crippen molar-refractivity contribution in [2.75, 3.05) is 29.6 Å². The van der Waals surface area contributed by atoms with Crippen LogP contribution in [0.25, 0.3) is 10.6 Å². The number of hydrogen-bond donors (Lipinski definition) is 3. The number of aromatic nitrogens is 2. The van der Waals surface area contributed by atoms with E-state index in [2.05, 4.69) is 40.0 Å². The summed E-state index contributed by atoms with van der Waals surface area (Å²) in [6.07, 6.45) is 0.323. The zero-order valence-corrected chi connectivity index (χ0v) is 22.8. The predicted octanol–water partition coefficient (Wildman–Crippen LogP) is 5.77. The number of amides is 3. The number of carbonyl (C=O) groups is 2. The van der Waals surface area contributed by atoms with E-state index in [4.69, 9.17) is 0 Å². The van der Waals surface area contributed by atoms with Crippen LogP contribution in [-0.4, -0.2) is 42.3 Å². The van der Waals surface area contributed by atoms with Crippen molar-refractivity contribution in [1.82, 2.24) is 15.5 Å². The Kier molecular flexibility index (Phi) is 8.70. The third-order valence-corrected chi connectivity index (χ3v) is 6.91. The zero-order valence-electron chi connectivity index (χ0n) is 21.9. The minimum atomic E-state index is -0.820. The number of rotatable bonds is 9. The van der Waals surface area contributed by atoms with Gasteiger partial charge in [-0.2, -0.15) is 0 Å². The van der Waals surface area contributed by atoms with Crippen molar-refractivity contribution in [2.45, 2.75) is 32.2 Å². The van der Waals surface area contributed by atoms with E-state index < -0.39 is 12.1 Å². The topological polar surface area (TPSA) is 99.2 Å². The maximum atomic E-state index is 13.3. The molecule has 0 radical (unpaired) electrons. The monoisotopic (exact) mass is 528 g/mol. The van der Waals surface area contributed by atoms with E-state index >= 15 is 0 Å². The molecule has 0 spiro atoms. The Bertz CT molecular complexity index is 1350. The van der Waals surface area contributed by atoms with Crippen LogP contribution in [0, 0.1) is 0 Å². The molecule has 1 heterocycles. The summed E-state index contributed by atoms with van der Waals surface area (Å²) in [4.78, 5) is 28.1. The summed E-state index contributed by atoms with van der Waals surface area (Å²) >= 11 is 1.28. The maximum absolute atomic E-state index is 13.3. The van der Waals surface area contributed by atoms with Crippen molar-refractivity contribution in [2.24, 2.45) is 0 Å². The molecule has 4 rings (SSSR count). The smallest absolute Gasteiger partial charge is 0.319 e. The van der Waals surface area contributed by atoms with E-state index in [9.17, 15) is 9.59 Å². The van der Waals surface area contributed by atoms with Gasteiger partial charge in [-0.05, 0) is 53.4 Å². The van der Waals surface area contributed by atoms with E-state index in [-0.39, 0.29) is 5.91 Å². The lowest BCUT2D eigenvalue weighted by molar-refractivity contribution is -0.117. The number of carbonyl (C=O) groups excluding carboxylic acids is 2. The summed E-state index contributed by atoms with van der Waals surface area (Å²) in [5.41, 5.74) is 4.75. The Morgan fingerprint density at radius 2 is 1.55 bits per heavy atom. The van der Waals surface area contributed by atoms with Gasteiger partial charge in [0.25, 0.3) is 0 Å². The first-order valence-electron chi connectivity index (χ1n) is 12.4. The highest BCUT2D eigenvalue weighted by atomic mass is 32.1. The highest BCUT2D eigenvalue weighted by Crippen LogP contribution is 2.28. The Labute approximate surface area is 227 Å². The molecule has 0 aliphatic carbocycles. The number of urea groups is 1. The molecule has 1 aromatic heterocycles. The van der Waals surface area contributed by atoms with Gasteiger partial charge >= 0.3 is 6.03 Å². The summed E-state index contributed by atoms with van der Waals surface area (Å²) in [7, 11) is 3.96. The van der Waals surface area contributed by atoms with Crippen molar-refractivity contribution in [3.05, 3.63) is 90.0 Å². The quantitative estimate of drug-likeness (QED) is 0.256. The van der Waals surface area contributed by atoms with E-state index in [1.54, 1.807) is 0 Å². The molecule has 3 aromatic carbocycles. The molecule has 3 N–H and O–H groups in total. The highest BCUT2D eigenvalue weighted by Gasteiger charge is 2.23. The van der Waals surface area contributed by atoms with E-state index in [0.29, 0.717) is 28.2 Å². The van der Waals surface area contributed by atoms with Crippen LogP contribution in [0.1, 0.15) is 30.9 Å². The average molecular weight is 529 g/mol. The molecule has 0 fully saturated rings. The van der Waals surface area contributed by atoms with Gasteiger partial charge in [-0.25, -0.2) is 4.79 Å². The summed E-state index contributed by atoms with van der Waals surface area (Å²) in [5, 5.41) is 17.9. The van der Waals surface area contributed by atoms with E-state index in [0.717, 1.165) is 16.8 Å². The average Bonchev–Trinajstić information content (AvgIpc) is 3.37. The molecule has 8 nitrogen and oxygen atoms in total. The van der Waals surface area contributed by atoms with Crippen LogP contribution in [0.2, 0.25) is 0 Å². The third kappa shape index (κ3) is 7.17. The molecule has 0 aliphatic rings. The second kappa shape index (κ2) is 12.3. The van der Waals surface area contributed by atoms with Gasteiger partial charge in [0.2, 0.25) is 11.0 Å². The number of benzene rings is 3. The minimum Gasteiger partial charge on any atom is -0.378 e. The van der Waals surface area contributed by atoms with Crippen molar-refractivity contribution >= 4 is 39.8 Å². The SMILES string of the molecule is CC(C)c1ccc(NC(=O)NC(Cc2ccccc2)C(=O)Nc2nnc(-c3ccc(N(C)C)cc3)s2)cc1. The van der Waals surface area contributed by atoms with Gasteiger partial charge in [-0.15, -0.1) is 10.2 Å². The molecule has 0 bridgehead atoms. The van der Waals surface area contributed by atoms with Gasteiger partial charge < -0.3 is 15.5 Å². The molecular formula is C29H32N6O2S. The van der Waals surface area contributed by atoms with Crippen molar-refractivity contribution in [3.8, 4) is 10.6 Å². The van der Waals surface area contributed by atoms with Crippen LogP contribution in [0.15, 0.2) is 78.9 Å². The fourth-order valence-corrected chi connectivity index (χ4v) is 4.57. The first-order chi connectivity index (χ1) is 18.3. The normalized spacial score (nSPS) is 11.6. The molecule has 3 amide bonds. The lowest BCUT2D eigenvalue weighted by atomic mass is 10.0. The van der Waals surface area contributed by atoms with Crippen molar-refractivity contribution < 1.29 is 9.59 Å². The first-order valence-corrected chi connectivity index (χ1v) is 13.2. The van der Waals surface area contributed by atoms with Gasteiger partial charge in [0, 0.05) is 37.5 Å². The van der Waals surface area contributed by atoms with Gasteiger partial charge in [0.05, 0.1) is 0 Å². The zero-order chi connectivity index (χ0) is 27.1. The van der Waals surface area contributed by atoms with Gasteiger partial charge in [0.1, 0.15) is 11.0 Å². The number of hydrogen-bond acceptors (Lipinski definition) is 6. The van der Waals surface area contributed by atoms with Gasteiger partial charge in [0.15, 0.2) is 0 Å². The molecule has 0 aliphatic heterocycles. The first kappa shape index (κ1) is 26.8. The molecule has 196 valence electrons. The van der Waals surface area contributed by atoms with Gasteiger partial charge in [-0.1, -0.05) is 67.6 Å². The Morgan fingerprint density at radius 1 is 0.868 bits per heavy atom. The second-order valence-electron chi connectivity index (χ2n) is 9.46. The summed E-state index contributed by atoms with van der Waals surface area (Å²) in [6.45, 7) is 4.23. The summed E-state index contributed by atoms with van der Waals surface area (Å²) in [5.74, 6) is 0.0277. The highest BCUT2D eigenvalue weighted by molar-refractivity contribution is 7.18. The molecule has 1 unspecified atom stereocenters. The van der Waals surface area contributed by atoms with Crippen molar-refractivity contribution in [1.29, 1.82) is 0 Å². The minimum absolute atomic E-state index is 0.323. The molecule has 0 saturated heterocycles. The lowest BCUT2D eigenvalue weighted by Gasteiger charge is -2.18. The number of anilines is 3. The summed E-state index contributed by atoms with van der Waals surface area (Å²) < 4.78 is 0. The number of nitrogens with one attached hydrogen (secondary N) is 3. The molecule has 1 atom stereocenters. The van der Waals surface area contributed by atoms with Gasteiger partial charge in [-0.3, -0.25) is 10.1 Å².